The first kappa shape index (κ1) is 15.9. The molecule has 3 N–H and O–H groups in total. The molecule has 0 fully saturated rings. The van der Waals surface area contributed by atoms with E-state index in [-0.39, 0.29) is 6.54 Å². The second kappa shape index (κ2) is 6.53. The van der Waals surface area contributed by atoms with Gasteiger partial charge in [-0.2, -0.15) is 0 Å². The van der Waals surface area contributed by atoms with Gasteiger partial charge in [0.15, 0.2) is 0 Å². The predicted octanol–water partition coefficient (Wildman–Crippen LogP) is 2.95. The lowest BCUT2D eigenvalue weighted by molar-refractivity contribution is 0.0636. The number of carbonyl (C=O) groups is 1. The summed E-state index contributed by atoms with van der Waals surface area (Å²) >= 11 is 0. The van der Waals surface area contributed by atoms with Crippen LogP contribution in [0.1, 0.15) is 26.6 Å². The van der Waals surface area contributed by atoms with Gasteiger partial charge in [0.1, 0.15) is 11.4 Å². The summed E-state index contributed by atoms with van der Waals surface area (Å²) < 4.78 is 5.26. The lowest BCUT2D eigenvalue weighted by atomic mass is 10.1. The van der Waals surface area contributed by atoms with Crippen molar-refractivity contribution in [2.24, 2.45) is 5.73 Å². The Hall–Kier alpha value is -2.47. The van der Waals surface area contributed by atoms with E-state index in [2.05, 4.69) is 15.3 Å². The van der Waals surface area contributed by atoms with Gasteiger partial charge in [0.25, 0.3) is 0 Å². The Kier molecular flexibility index (Phi) is 4.72. The molecular formula is C16H20N4O2. The van der Waals surface area contributed by atoms with Crippen molar-refractivity contribution in [3.63, 3.8) is 0 Å². The second-order valence-electron chi connectivity index (χ2n) is 5.75. The van der Waals surface area contributed by atoms with Crippen LogP contribution >= 0.6 is 0 Å². The Morgan fingerprint density at radius 3 is 2.55 bits per heavy atom. The number of anilines is 1. The van der Waals surface area contributed by atoms with Crippen LogP contribution < -0.4 is 11.1 Å². The zero-order chi connectivity index (χ0) is 16.2. The molecule has 0 unspecified atom stereocenters. The van der Waals surface area contributed by atoms with Gasteiger partial charge >= 0.3 is 6.09 Å². The average Bonchev–Trinajstić information content (AvgIpc) is 2.46. The first-order chi connectivity index (χ1) is 10.4. The third kappa shape index (κ3) is 4.26. The molecule has 116 valence electrons. The van der Waals surface area contributed by atoms with Crippen LogP contribution in [0.3, 0.4) is 0 Å². The topological polar surface area (TPSA) is 90.1 Å². The van der Waals surface area contributed by atoms with E-state index in [4.69, 9.17) is 10.5 Å². The minimum absolute atomic E-state index is 0.229. The molecule has 0 radical (unpaired) electrons. The number of ether oxygens (including phenoxy) is 1. The molecule has 1 heterocycles. The number of hydrogen-bond acceptors (Lipinski definition) is 5. The van der Waals surface area contributed by atoms with E-state index in [0.717, 1.165) is 5.56 Å². The molecule has 6 heteroatoms. The summed E-state index contributed by atoms with van der Waals surface area (Å²) in [6.07, 6.45) is 0.996. The van der Waals surface area contributed by atoms with Gasteiger partial charge in [-0.05, 0) is 20.8 Å². The second-order valence-corrected chi connectivity index (χ2v) is 5.75. The van der Waals surface area contributed by atoms with Crippen molar-refractivity contribution in [2.75, 3.05) is 5.32 Å². The monoisotopic (exact) mass is 300 g/mol. The zero-order valence-corrected chi connectivity index (χ0v) is 13.0. The molecule has 0 aliphatic carbocycles. The van der Waals surface area contributed by atoms with Crippen LogP contribution in [-0.4, -0.2) is 21.7 Å². The average molecular weight is 300 g/mol. The van der Waals surface area contributed by atoms with Crippen molar-refractivity contribution in [3.05, 3.63) is 42.4 Å². The van der Waals surface area contributed by atoms with Gasteiger partial charge in [0.2, 0.25) is 0 Å². The highest BCUT2D eigenvalue weighted by atomic mass is 16.6. The van der Waals surface area contributed by atoms with Gasteiger partial charge in [0.05, 0.1) is 24.1 Å². The molecule has 2 rings (SSSR count). The van der Waals surface area contributed by atoms with Crippen LogP contribution in [-0.2, 0) is 11.3 Å². The van der Waals surface area contributed by atoms with E-state index in [1.807, 2.05) is 30.3 Å². The number of nitrogens with zero attached hydrogens (tertiary/aromatic N) is 2. The van der Waals surface area contributed by atoms with Gasteiger partial charge in [-0.1, -0.05) is 30.3 Å². The van der Waals surface area contributed by atoms with Crippen LogP contribution in [0, 0.1) is 0 Å². The highest BCUT2D eigenvalue weighted by Crippen LogP contribution is 2.25. The number of hydrogen-bond donors (Lipinski definition) is 2. The van der Waals surface area contributed by atoms with E-state index < -0.39 is 11.7 Å². The lowest BCUT2D eigenvalue weighted by Crippen LogP contribution is -2.27. The Labute approximate surface area is 129 Å². The number of nitrogens with two attached hydrogens (primary N) is 1. The molecule has 0 saturated heterocycles. The molecule has 1 amide bonds. The molecule has 22 heavy (non-hydrogen) atoms. The summed E-state index contributed by atoms with van der Waals surface area (Å²) in [4.78, 5) is 20.5. The molecule has 0 saturated carbocycles. The van der Waals surface area contributed by atoms with Gasteiger partial charge < -0.3 is 10.5 Å². The van der Waals surface area contributed by atoms with Crippen molar-refractivity contribution < 1.29 is 9.53 Å². The third-order valence-corrected chi connectivity index (χ3v) is 2.70. The highest BCUT2D eigenvalue weighted by Gasteiger charge is 2.18. The van der Waals surface area contributed by atoms with Crippen LogP contribution in [0.15, 0.2) is 36.5 Å². The number of aromatic nitrogens is 2. The SMILES string of the molecule is CC(C)(C)OC(=O)Nc1cnc(CN)nc1-c1ccccc1. The van der Waals surface area contributed by atoms with E-state index in [1.165, 1.54) is 0 Å². The van der Waals surface area contributed by atoms with Gasteiger partial charge in [-0.25, -0.2) is 14.8 Å². The molecule has 0 aliphatic heterocycles. The Balaban J connectivity index is 2.33. The van der Waals surface area contributed by atoms with Crippen molar-refractivity contribution in [1.82, 2.24) is 9.97 Å². The van der Waals surface area contributed by atoms with E-state index >= 15 is 0 Å². The Morgan fingerprint density at radius 2 is 1.95 bits per heavy atom. The molecule has 0 spiro atoms. The maximum absolute atomic E-state index is 12.0. The van der Waals surface area contributed by atoms with E-state index in [9.17, 15) is 4.79 Å². The van der Waals surface area contributed by atoms with Gasteiger partial charge in [-0.15, -0.1) is 0 Å². The summed E-state index contributed by atoms with van der Waals surface area (Å²) in [5, 5.41) is 2.69. The third-order valence-electron chi connectivity index (χ3n) is 2.70. The van der Waals surface area contributed by atoms with Gasteiger partial charge in [0, 0.05) is 5.56 Å². The van der Waals surface area contributed by atoms with Crippen LogP contribution in [0.4, 0.5) is 10.5 Å². The summed E-state index contributed by atoms with van der Waals surface area (Å²) in [7, 11) is 0. The van der Waals surface area contributed by atoms with E-state index in [0.29, 0.717) is 17.2 Å². The Morgan fingerprint density at radius 1 is 1.27 bits per heavy atom. The number of rotatable bonds is 3. The number of amides is 1. The minimum Gasteiger partial charge on any atom is -0.444 e. The van der Waals surface area contributed by atoms with E-state index in [1.54, 1.807) is 27.0 Å². The molecule has 6 nitrogen and oxygen atoms in total. The fraction of sp³-hybridized carbons (Fsp3) is 0.312. The molecular weight excluding hydrogens is 280 g/mol. The molecule has 1 aromatic heterocycles. The molecule has 0 bridgehead atoms. The molecule has 1 aromatic carbocycles. The Bertz CT molecular complexity index is 651. The van der Waals surface area contributed by atoms with Crippen LogP contribution in [0.5, 0.6) is 0 Å². The smallest absolute Gasteiger partial charge is 0.412 e. The molecule has 2 aromatic rings. The first-order valence-corrected chi connectivity index (χ1v) is 7.00. The fourth-order valence-corrected chi connectivity index (χ4v) is 1.84. The zero-order valence-electron chi connectivity index (χ0n) is 13.0. The van der Waals surface area contributed by atoms with Crippen molar-refractivity contribution >= 4 is 11.8 Å². The number of nitrogens with one attached hydrogen (secondary N) is 1. The van der Waals surface area contributed by atoms with Gasteiger partial charge in [-0.3, -0.25) is 5.32 Å². The molecule has 0 aliphatic rings. The van der Waals surface area contributed by atoms with Crippen LogP contribution in [0.25, 0.3) is 11.3 Å². The summed E-state index contributed by atoms with van der Waals surface area (Å²) in [5.41, 5.74) is 6.98. The van der Waals surface area contributed by atoms with Crippen molar-refractivity contribution in [3.8, 4) is 11.3 Å². The standard InChI is InChI=1S/C16H20N4O2/c1-16(2,3)22-15(21)19-12-10-18-13(9-17)20-14(12)11-7-5-4-6-8-11/h4-8,10H,9,17H2,1-3H3,(H,19,21). The number of benzene rings is 1. The van der Waals surface area contributed by atoms with Crippen molar-refractivity contribution in [2.45, 2.75) is 32.9 Å². The largest absolute Gasteiger partial charge is 0.444 e. The minimum atomic E-state index is -0.574. The summed E-state index contributed by atoms with van der Waals surface area (Å²) in [6.45, 7) is 5.64. The quantitative estimate of drug-likeness (QED) is 0.909. The lowest BCUT2D eigenvalue weighted by Gasteiger charge is -2.20. The number of carbonyl (C=O) groups excluding carboxylic acids is 1. The first-order valence-electron chi connectivity index (χ1n) is 7.00. The van der Waals surface area contributed by atoms with Crippen LogP contribution in [0.2, 0.25) is 0 Å². The predicted molar refractivity (Wildman–Crippen MR) is 85.2 cm³/mol. The molecule has 0 atom stereocenters. The van der Waals surface area contributed by atoms with Crippen molar-refractivity contribution in [1.29, 1.82) is 0 Å². The fourth-order valence-electron chi connectivity index (χ4n) is 1.84. The highest BCUT2D eigenvalue weighted by molar-refractivity contribution is 5.90. The normalized spacial score (nSPS) is 11.1. The maximum Gasteiger partial charge on any atom is 0.412 e. The summed E-state index contributed by atoms with van der Waals surface area (Å²) in [5.74, 6) is 0.508. The summed E-state index contributed by atoms with van der Waals surface area (Å²) in [6, 6.07) is 9.52. The maximum atomic E-state index is 12.0.